The van der Waals surface area contributed by atoms with Crippen LogP contribution in [0.15, 0.2) is 18.5 Å². The molecule has 2 N–H and O–H groups in total. The van der Waals surface area contributed by atoms with Gasteiger partial charge in [-0.15, -0.1) is 5.10 Å². The molecule has 0 fully saturated rings. The van der Waals surface area contributed by atoms with Gasteiger partial charge in [0.2, 0.25) is 5.88 Å². The minimum absolute atomic E-state index is 0.293. The molecule has 0 bridgehead atoms. The lowest BCUT2D eigenvalue weighted by molar-refractivity contribution is 0.420. The summed E-state index contributed by atoms with van der Waals surface area (Å²) in [6.07, 6.45) is 3.51. The number of ether oxygens (including phenoxy) is 1. The average molecular weight is 247 g/mol. The van der Waals surface area contributed by atoms with Crippen molar-refractivity contribution < 1.29 is 4.74 Å². The van der Waals surface area contributed by atoms with E-state index < -0.39 is 0 Å². The topological polar surface area (TPSA) is 78.9 Å². The van der Waals surface area contributed by atoms with E-state index in [0.29, 0.717) is 18.4 Å². The monoisotopic (exact) mass is 247 g/mol. The maximum atomic E-state index is 5.66. The van der Waals surface area contributed by atoms with Gasteiger partial charge < -0.3 is 10.5 Å². The molecule has 0 saturated heterocycles. The van der Waals surface area contributed by atoms with E-state index in [-0.39, 0.29) is 0 Å². The normalized spacial score (nSPS) is 10.6. The van der Waals surface area contributed by atoms with Gasteiger partial charge in [0.15, 0.2) is 0 Å². The summed E-state index contributed by atoms with van der Waals surface area (Å²) >= 11 is 0. The fourth-order valence-electron chi connectivity index (χ4n) is 1.63. The van der Waals surface area contributed by atoms with E-state index in [1.54, 1.807) is 18.1 Å². The predicted molar refractivity (Wildman–Crippen MR) is 67.2 cm³/mol. The maximum Gasteiger partial charge on any atom is 0.342 e. The van der Waals surface area contributed by atoms with Gasteiger partial charge >= 0.3 is 6.01 Å². The fourth-order valence-corrected chi connectivity index (χ4v) is 1.63. The van der Waals surface area contributed by atoms with Gasteiger partial charge in [-0.3, -0.25) is 4.68 Å². The molecule has 2 aromatic heterocycles. The molecule has 2 rings (SSSR count). The van der Waals surface area contributed by atoms with E-state index in [0.717, 1.165) is 24.1 Å². The lowest BCUT2D eigenvalue weighted by atomic mass is 10.1. The summed E-state index contributed by atoms with van der Waals surface area (Å²) < 4.78 is 7.10. The summed E-state index contributed by atoms with van der Waals surface area (Å²) in [5.74, 6) is 0.493. The van der Waals surface area contributed by atoms with Crippen LogP contribution in [0, 0.1) is 0 Å². The van der Waals surface area contributed by atoms with Gasteiger partial charge in [-0.1, -0.05) is 13.3 Å². The molecule has 0 aliphatic rings. The molecule has 96 valence electrons. The molecular formula is C12H17N5O. The molecular weight excluding hydrogens is 230 g/mol. The second-order valence-corrected chi connectivity index (χ2v) is 4.06. The van der Waals surface area contributed by atoms with Crippen LogP contribution in [0.1, 0.15) is 24.6 Å². The standard InChI is InChI=1S/C12H17N5O/c1-3-4-10-5-9(7-13)6-11(15-10)18-12-14-8-17(2)16-12/h5-6,8H,3-4,7,13H2,1-2H3. The van der Waals surface area contributed by atoms with E-state index in [9.17, 15) is 0 Å². The molecule has 0 unspecified atom stereocenters. The first-order valence-electron chi connectivity index (χ1n) is 5.94. The average Bonchev–Trinajstić information content (AvgIpc) is 2.75. The summed E-state index contributed by atoms with van der Waals surface area (Å²) in [5.41, 5.74) is 7.64. The van der Waals surface area contributed by atoms with Crippen molar-refractivity contribution in [2.45, 2.75) is 26.3 Å². The molecule has 0 aliphatic heterocycles. The zero-order chi connectivity index (χ0) is 13.0. The first-order valence-corrected chi connectivity index (χ1v) is 5.94. The predicted octanol–water partition coefficient (Wildman–Crippen LogP) is 1.41. The van der Waals surface area contributed by atoms with Crippen LogP contribution in [-0.2, 0) is 20.0 Å². The lowest BCUT2D eigenvalue weighted by Crippen LogP contribution is -2.02. The zero-order valence-electron chi connectivity index (χ0n) is 10.6. The number of nitrogens with zero attached hydrogens (tertiary/aromatic N) is 4. The van der Waals surface area contributed by atoms with E-state index in [2.05, 4.69) is 22.0 Å². The summed E-state index contributed by atoms with van der Waals surface area (Å²) in [6, 6.07) is 4.11. The molecule has 0 spiro atoms. The first kappa shape index (κ1) is 12.5. The Morgan fingerprint density at radius 1 is 1.39 bits per heavy atom. The third-order valence-electron chi connectivity index (χ3n) is 2.43. The minimum atomic E-state index is 0.293. The summed E-state index contributed by atoms with van der Waals surface area (Å²) in [5, 5.41) is 4.05. The highest BCUT2D eigenvalue weighted by Crippen LogP contribution is 2.18. The fraction of sp³-hybridized carbons (Fsp3) is 0.417. The molecule has 18 heavy (non-hydrogen) atoms. The van der Waals surface area contributed by atoms with Crippen molar-refractivity contribution in [1.29, 1.82) is 0 Å². The summed E-state index contributed by atoms with van der Waals surface area (Å²) in [6.45, 7) is 2.57. The number of nitrogens with two attached hydrogens (primary N) is 1. The number of hydrogen-bond acceptors (Lipinski definition) is 5. The van der Waals surface area contributed by atoms with Gasteiger partial charge in [0.05, 0.1) is 0 Å². The molecule has 0 amide bonds. The molecule has 0 radical (unpaired) electrons. The van der Waals surface area contributed by atoms with E-state index >= 15 is 0 Å². The van der Waals surface area contributed by atoms with Crippen LogP contribution in [0.25, 0.3) is 0 Å². The van der Waals surface area contributed by atoms with Gasteiger partial charge in [0.1, 0.15) is 6.33 Å². The maximum absolute atomic E-state index is 5.66. The molecule has 2 heterocycles. The van der Waals surface area contributed by atoms with Gasteiger partial charge in [-0.2, -0.15) is 4.98 Å². The van der Waals surface area contributed by atoms with Crippen LogP contribution >= 0.6 is 0 Å². The Labute approximate surface area is 106 Å². The molecule has 6 heteroatoms. The molecule has 6 nitrogen and oxygen atoms in total. The van der Waals surface area contributed by atoms with Gasteiger partial charge in [-0.05, 0) is 18.1 Å². The largest absolute Gasteiger partial charge is 0.404 e. The third-order valence-corrected chi connectivity index (χ3v) is 2.43. The van der Waals surface area contributed by atoms with Crippen molar-refractivity contribution in [2.75, 3.05) is 0 Å². The quantitative estimate of drug-likeness (QED) is 0.864. The molecule has 0 aromatic carbocycles. The Kier molecular flexibility index (Phi) is 3.88. The SMILES string of the molecule is CCCc1cc(CN)cc(Oc2ncn(C)n2)n1. The summed E-state index contributed by atoms with van der Waals surface area (Å²) in [7, 11) is 1.78. The van der Waals surface area contributed by atoms with Crippen LogP contribution in [0.4, 0.5) is 0 Å². The van der Waals surface area contributed by atoms with Gasteiger partial charge in [-0.25, -0.2) is 4.98 Å². The van der Waals surface area contributed by atoms with Crippen molar-refractivity contribution in [3.8, 4) is 11.9 Å². The minimum Gasteiger partial charge on any atom is -0.404 e. The molecule has 0 atom stereocenters. The number of aromatic nitrogens is 4. The Bertz CT molecular complexity index is 523. The van der Waals surface area contributed by atoms with Crippen LogP contribution < -0.4 is 10.5 Å². The third kappa shape index (κ3) is 3.04. The van der Waals surface area contributed by atoms with Crippen LogP contribution in [0.2, 0.25) is 0 Å². The highest BCUT2D eigenvalue weighted by Gasteiger charge is 2.06. The second kappa shape index (κ2) is 5.59. The number of hydrogen-bond donors (Lipinski definition) is 1. The zero-order valence-corrected chi connectivity index (χ0v) is 10.6. The van der Waals surface area contributed by atoms with Crippen molar-refractivity contribution in [3.05, 3.63) is 29.7 Å². The number of aryl methyl sites for hydroxylation is 2. The Hall–Kier alpha value is -1.95. The lowest BCUT2D eigenvalue weighted by Gasteiger charge is -2.06. The highest BCUT2D eigenvalue weighted by molar-refractivity contribution is 5.26. The van der Waals surface area contributed by atoms with Crippen LogP contribution in [0.3, 0.4) is 0 Å². The summed E-state index contributed by atoms with van der Waals surface area (Å²) in [4.78, 5) is 8.41. The van der Waals surface area contributed by atoms with Crippen molar-refractivity contribution >= 4 is 0 Å². The van der Waals surface area contributed by atoms with Crippen LogP contribution in [-0.4, -0.2) is 19.7 Å². The number of pyridine rings is 1. The molecule has 2 aromatic rings. The Morgan fingerprint density at radius 3 is 2.83 bits per heavy atom. The Morgan fingerprint density at radius 2 is 2.22 bits per heavy atom. The van der Waals surface area contributed by atoms with Gasteiger partial charge in [0, 0.05) is 25.4 Å². The van der Waals surface area contributed by atoms with E-state index in [4.69, 9.17) is 10.5 Å². The highest BCUT2D eigenvalue weighted by atomic mass is 16.5. The van der Waals surface area contributed by atoms with Crippen molar-refractivity contribution in [3.63, 3.8) is 0 Å². The smallest absolute Gasteiger partial charge is 0.342 e. The number of rotatable bonds is 5. The van der Waals surface area contributed by atoms with Crippen molar-refractivity contribution in [1.82, 2.24) is 19.7 Å². The Balaban J connectivity index is 2.23. The van der Waals surface area contributed by atoms with E-state index in [1.807, 2.05) is 12.1 Å². The van der Waals surface area contributed by atoms with E-state index in [1.165, 1.54) is 0 Å². The molecule has 0 aliphatic carbocycles. The second-order valence-electron chi connectivity index (χ2n) is 4.06. The molecule has 0 saturated carbocycles. The van der Waals surface area contributed by atoms with Crippen molar-refractivity contribution in [2.24, 2.45) is 12.8 Å². The first-order chi connectivity index (χ1) is 8.71. The van der Waals surface area contributed by atoms with Crippen LogP contribution in [0.5, 0.6) is 11.9 Å². The van der Waals surface area contributed by atoms with Gasteiger partial charge in [0.25, 0.3) is 0 Å².